The van der Waals surface area contributed by atoms with Crippen molar-refractivity contribution in [1.82, 2.24) is 9.55 Å². The molecule has 1 amide bonds. The Morgan fingerprint density at radius 1 is 1.13 bits per heavy atom. The molecule has 0 unspecified atom stereocenters. The molecule has 0 spiro atoms. The molecule has 1 aliphatic carbocycles. The number of pyridine rings is 1. The molecule has 0 atom stereocenters. The van der Waals surface area contributed by atoms with Gasteiger partial charge in [0.05, 0.1) is 5.56 Å². The molecule has 0 aliphatic heterocycles. The van der Waals surface area contributed by atoms with Crippen molar-refractivity contribution in [3.05, 3.63) is 77.4 Å². The summed E-state index contributed by atoms with van der Waals surface area (Å²) in [4.78, 5) is 17.1. The second kappa shape index (κ2) is 9.16. The molecule has 0 bridgehead atoms. The molecule has 1 aliphatic rings. The summed E-state index contributed by atoms with van der Waals surface area (Å²) in [6.45, 7) is 4.60. The molecule has 0 saturated heterocycles. The SMILES string of the molecule is Cc1cc(C(=O)Nc2cccc(OCc3cccnc3)c2)c(C)n1C1CCCCC1. The first-order valence-corrected chi connectivity index (χ1v) is 10.7. The number of nitrogens with one attached hydrogen (secondary N) is 1. The molecule has 4 rings (SSSR count). The number of amides is 1. The summed E-state index contributed by atoms with van der Waals surface area (Å²) in [7, 11) is 0. The molecule has 3 aromatic rings. The van der Waals surface area contributed by atoms with Crippen LogP contribution in [0.1, 0.15) is 65.5 Å². The highest BCUT2D eigenvalue weighted by atomic mass is 16.5. The lowest BCUT2D eigenvalue weighted by atomic mass is 9.95. The molecule has 30 heavy (non-hydrogen) atoms. The third kappa shape index (κ3) is 4.56. The minimum Gasteiger partial charge on any atom is -0.489 e. The van der Waals surface area contributed by atoms with Crippen LogP contribution in [0.25, 0.3) is 0 Å². The fourth-order valence-corrected chi connectivity index (χ4v) is 4.42. The number of benzene rings is 1. The van der Waals surface area contributed by atoms with Crippen molar-refractivity contribution in [3.63, 3.8) is 0 Å². The van der Waals surface area contributed by atoms with Gasteiger partial charge in [0.25, 0.3) is 5.91 Å². The van der Waals surface area contributed by atoms with Crippen LogP contribution in [-0.4, -0.2) is 15.5 Å². The molecule has 2 heterocycles. The van der Waals surface area contributed by atoms with Gasteiger partial charge in [0.15, 0.2) is 0 Å². The van der Waals surface area contributed by atoms with Crippen LogP contribution in [0.15, 0.2) is 54.9 Å². The van der Waals surface area contributed by atoms with Gasteiger partial charge in [-0.25, -0.2) is 0 Å². The zero-order valence-electron chi connectivity index (χ0n) is 17.7. The van der Waals surface area contributed by atoms with E-state index in [9.17, 15) is 4.79 Å². The summed E-state index contributed by atoms with van der Waals surface area (Å²) < 4.78 is 8.21. The topological polar surface area (TPSA) is 56.1 Å². The molecule has 5 nitrogen and oxygen atoms in total. The van der Waals surface area contributed by atoms with E-state index in [2.05, 4.69) is 28.7 Å². The summed E-state index contributed by atoms with van der Waals surface area (Å²) in [5.41, 5.74) is 4.70. The summed E-state index contributed by atoms with van der Waals surface area (Å²) in [6.07, 6.45) is 9.80. The summed E-state index contributed by atoms with van der Waals surface area (Å²) in [6, 6.07) is 13.9. The fourth-order valence-electron chi connectivity index (χ4n) is 4.42. The number of hydrogen-bond donors (Lipinski definition) is 1. The first-order chi connectivity index (χ1) is 14.6. The van der Waals surface area contributed by atoms with Crippen molar-refractivity contribution in [2.75, 3.05) is 5.32 Å². The zero-order chi connectivity index (χ0) is 20.9. The van der Waals surface area contributed by atoms with Crippen molar-refractivity contribution in [2.45, 2.75) is 58.6 Å². The summed E-state index contributed by atoms with van der Waals surface area (Å²) >= 11 is 0. The number of anilines is 1. The molecule has 0 radical (unpaired) electrons. The van der Waals surface area contributed by atoms with Gasteiger partial charge in [-0.05, 0) is 51.0 Å². The molecular formula is C25H29N3O2. The van der Waals surface area contributed by atoms with Gasteiger partial charge >= 0.3 is 0 Å². The maximum atomic E-state index is 13.0. The van der Waals surface area contributed by atoms with Crippen molar-refractivity contribution in [3.8, 4) is 5.75 Å². The Balaban J connectivity index is 1.45. The maximum Gasteiger partial charge on any atom is 0.257 e. The van der Waals surface area contributed by atoms with Crippen molar-refractivity contribution < 1.29 is 9.53 Å². The van der Waals surface area contributed by atoms with E-state index in [4.69, 9.17) is 4.74 Å². The van der Waals surface area contributed by atoms with E-state index in [-0.39, 0.29) is 5.91 Å². The molecule has 1 aromatic carbocycles. The van der Waals surface area contributed by atoms with Crippen LogP contribution in [0.5, 0.6) is 5.75 Å². The van der Waals surface area contributed by atoms with Crippen LogP contribution in [0.4, 0.5) is 5.69 Å². The van der Waals surface area contributed by atoms with Crippen molar-refractivity contribution >= 4 is 11.6 Å². The van der Waals surface area contributed by atoms with Gasteiger partial charge < -0.3 is 14.6 Å². The van der Waals surface area contributed by atoms with E-state index in [1.807, 2.05) is 42.5 Å². The van der Waals surface area contributed by atoms with E-state index in [0.717, 1.165) is 28.2 Å². The Kier molecular flexibility index (Phi) is 6.17. The van der Waals surface area contributed by atoms with Crippen LogP contribution < -0.4 is 10.1 Å². The number of carbonyl (C=O) groups is 1. The quantitative estimate of drug-likeness (QED) is 0.563. The third-order valence-corrected chi connectivity index (χ3v) is 5.89. The molecule has 2 aromatic heterocycles. The van der Waals surface area contributed by atoms with Gasteiger partial charge in [0, 0.05) is 47.1 Å². The number of hydrogen-bond acceptors (Lipinski definition) is 3. The number of rotatable bonds is 6. The number of aromatic nitrogens is 2. The lowest BCUT2D eigenvalue weighted by molar-refractivity contribution is 0.102. The van der Waals surface area contributed by atoms with Gasteiger partial charge in [-0.15, -0.1) is 0 Å². The summed E-state index contributed by atoms with van der Waals surface area (Å²) in [5, 5.41) is 3.04. The van der Waals surface area contributed by atoms with Gasteiger partial charge in [-0.3, -0.25) is 9.78 Å². The number of nitrogens with zero attached hydrogens (tertiary/aromatic N) is 2. The third-order valence-electron chi connectivity index (χ3n) is 5.89. The standard InChI is InChI=1S/C25H29N3O2/c1-18-14-24(19(2)28(18)22-10-4-3-5-11-22)25(29)27-21-9-6-12-23(15-21)30-17-20-8-7-13-26-16-20/h6-9,12-16,22H,3-5,10-11,17H2,1-2H3,(H,27,29). The van der Waals surface area contributed by atoms with Gasteiger partial charge in [0.2, 0.25) is 0 Å². The van der Waals surface area contributed by atoms with Crippen LogP contribution in [0.3, 0.4) is 0 Å². The second-order valence-electron chi connectivity index (χ2n) is 8.08. The van der Waals surface area contributed by atoms with E-state index >= 15 is 0 Å². The monoisotopic (exact) mass is 403 g/mol. The number of carbonyl (C=O) groups excluding carboxylic acids is 1. The van der Waals surface area contributed by atoms with E-state index in [1.54, 1.807) is 12.4 Å². The highest BCUT2D eigenvalue weighted by Gasteiger charge is 2.22. The Bertz CT molecular complexity index is 1000. The smallest absolute Gasteiger partial charge is 0.257 e. The van der Waals surface area contributed by atoms with Gasteiger partial charge in [0.1, 0.15) is 12.4 Å². The lowest BCUT2D eigenvalue weighted by Crippen LogP contribution is -2.17. The van der Waals surface area contributed by atoms with Crippen molar-refractivity contribution in [1.29, 1.82) is 0 Å². The average molecular weight is 404 g/mol. The largest absolute Gasteiger partial charge is 0.489 e. The minimum atomic E-state index is -0.0745. The molecule has 1 N–H and O–H groups in total. The van der Waals surface area contributed by atoms with E-state index < -0.39 is 0 Å². The second-order valence-corrected chi connectivity index (χ2v) is 8.08. The van der Waals surface area contributed by atoms with Crippen LogP contribution in [0.2, 0.25) is 0 Å². The zero-order valence-corrected chi connectivity index (χ0v) is 17.7. The molecule has 156 valence electrons. The van der Waals surface area contributed by atoms with Gasteiger partial charge in [-0.1, -0.05) is 31.4 Å². The Morgan fingerprint density at radius 3 is 2.73 bits per heavy atom. The van der Waals surface area contributed by atoms with Crippen LogP contribution in [0, 0.1) is 13.8 Å². The van der Waals surface area contributed by atoms with Gasteiger partial charge in [-0.2, -0.15) is 0 Å². The average Bonchev–Trinajstić information content (AvgIpc) is 3.08. The van der Waals surface area contributed by atoms with E-state index in [0.29, 0.717) is 18.4 Å². The first-order valence-electron chi connectivity index (χ1n) is 10.7. The van der Waals surface area contributed by atoms with E-state index in [1.165, 1.54) is 32.1 Å². The molecule has 5 heteroatoms. The predicted molar refractivity (Wildman–Crippen MR) is 119 cm³/mol. The fraction of sp³-hybridized carbons (Fsp3) is 0.360. The number of ether oxygens (including phenoxy) is 1. The first kappa shape index (κ1) is 20.2. The van der Waals surface area contributed by atoms with Crippen LogP contribution in [-0.2, 0) is 6.61 Å². The predicted octanol–water partition coefficient (Wildman–Crippen LogP) is 5.84. The molecular weight excluding hydrogens is 374 g/mol. The maximum absolute atomic E-state index is 13.0. The highest BCUT2D eigenvalue weighted by molar-refractivity contribution is 6.05. The Labute approximate surface area is 178 Å². The molecule has 1 saturated carbocycles. The number of aryl methyl sites for hydroxylation is 1. The molecule has 1 fully saturated rings. The van der Waals surface area contributed by atoms with Crippen molar-refractivity contribution in [2.24, 2.45) is 0 Å². The van der Waals surface area contributed by atoms with Crippen LogP contribution >= 0.6 is 0 Å². The normalized spacial score (nSPS) is 14.5. The lowest BCUT2D eigenvalue weighted by Gasteiger charge is -2.26. The Hall–Kier alpha value is -3.08. The summed E-state index contributed by atoms with van der Waals surface area (Å²) in [5.74, 6) is 0.638. The highest BCUT2D eigenvalue weighted by Crippen LogP contribution is 2.32. The minimum absolute atomic E-state index is 0.0745. The Morgan fingerprint density at radius 2 is 1.97 bits per heavy atom.